The van der Waals surface area contributed by atoms with E-state index in [1.54, 1.807) is 0 Å². The van der Waals surface area contributed by atoms with Crippen molar-refractivity contribution in [1.82, 2.24) is 0 Å². The minimum atomic E-state index is -3.74. The molecule has 0 aromatic rings. The van der Waals surface area contributed by atoms with Gasteiger partial charge in [-0.25, -0.2) is 0 Å². The number of carbonyl (C=O) groups excluding carboxylic acids is 6. The zero-order chi connectivity index (χ0) is 23.3. The molecule has 2 heterocycles. The van der Waals surface area contributed by atoms with E-state index in [1.807, 2.05) is 0 Å². The van der Waals surface area contributed by atoms with E-state index in [0.717, 1.165) is 0 Å². The Kier molecular flexibility index (Phi) is 12.2. The zero-order valence-electron chi connectivity index (χ0n) is 17.3. The van der Waals surface area contributed by atoms with Crippen molar-refractivity contribution in [1.29, 1.82) is 0 Å². The van der Waals surface area contributed by atoms with Crippen LogP contribution in [0, 0.1) is 0 Å². The second-order valence-electron chi connectivity index (χ2n) is 6.85. The molecular weight excluding hydrogens is 652 g/mol. The SMILES string of the molecule is O=C1CCCCC(=O)[O][Sb]([O]C(=O)CCCCC(=O)[O][Sb]2[O]C(=O)CCCCC(=O)[O]2)[O]1. The van der Waals surface area contributed by atoms with E-state index in [1.165, 1.54) is 0 Å². The van der Waals surface area contributed by atoms with E-state index in [9.17, 15) is 28.8 Å². The first-order valence-electron chi connectivity index (χ1n) is 10.2. The van der Waals surface area contributed by atoms with Crippen LogP contribution < -0.4 is 0 Å². The quantitative estimate of drug-likeness (QED) is 0.278. The molecular formula is C18H24O12Sb2. The molecule has 2 rings (SSSR count). The minimum absolute atomic E-state index is 0.0857. The van der Waals surface area contributed by atoms with Gasteiger partial charge in [0.1, 0.15) is 0 Å². The predicted molar refractivity (Wildman–Crippen MR) is 103 cm³/mol. The van der Waals surface area contributed by atoms with Crippen LogP contribution in [0.2, 0.25) is 0 Å². The van der Waals surface area contributed by atoms with Crippen molar-refractivity contribution in [3.8, 4) is 0 Å². The van der Waals surface area contributed by atoms with Crippen LogP contribution in [-0.2, 0) is 46.9 Å². The van der Waals surface area contributed by atoms with Crippen molar-refractivity contribution < 1.29 is 46.9 Å². The normalized spacial score (nSPS) is 19.4. The van der Waals surface area contributed by atoms with Gasteiger partial charge < -0.3 is 0 Å². The summed E-state index contributed by atoms with van der Waals surface area (Å²) < 4.78 is 30.1. The van der Waals surface area contributed by atoms with E-state index < -0.39 is 78.8 Å². The van der Waals surface area contributed by atoms with Gasteiger partial charge in [-0.15, -0.1) is 0 Å². The van der Waals surface area contributed by atoms with Crippen molar-refractivity contribution >= 4 is 78.8 Å². The number of rotatable bonds is 7. The Balaban J connectivity index is 1.68. The van der Waals surface area contributed by atoms with Crippen molar-refractivity contribution in [2.75, 3.05) is 0 Å². The molecule has 0 aromatic heterocycles. The molecule has 2 aliphatic heterocycles. The summed E-state index contributed by atoms with van der Waals surface area (Å²) in [5.41, 5.74) is 0. The maximum absolute atomic E-state index is 12.0. The van der Waals surface area contributed by atoms with E-state index in [4.69, 9.17) is 18.1 Å². The second-order valence-corrected chi connectivity index (χ2v) is 12.5. The molecule has 0 aromatic carbocycles. The molecule has 0 spiro atoms. The van der Waals surface area contributed by atoms with Crippen LogP contribution in [0.15, 0.2) is 0 Å². The zero-order valence-corrected chi connectivity index (χ0v) is 22.4. The maximum atomic E-state index is 12.0. The Bertz CT molecular complexity index is 625. The van der Waals surface area contributed by atoms with Crippen LogP contribution in [0.5, 0.6) is 0 Å². The molecule has 14 heteroatoms. The molecule has 0 radical (unpaired) electrons. The average molecular weight is 676 g/mol. The third kappa shape index (κ3) is 11.4. The summed E-state index contributed by atoms with van der Waals surface area (Å²) in [6.45, 7) is 0. The molecule has 0 saturated carbocycles. The Labute approximate surface area is 201 Å². The molecule has 0 bridgehead atoms. The molecule has 0 aliphatic carbocycles. The first-order valence-corrected chi connectivity index (χ1v) is 16.4. The number of unbranched alkanes of at least 4 members (excludes halogenated alkanes) is 1. The fourth-order valence-electron chi connectivity index (χ4n) is 2.50. The van der Waals surface area contributed by atoms with Gasteiger partial charge in [-0.05, 0) is 0 Å². The molecule has 0 N–H and O–H groups in total. The second kappa shape index (κ2) is 14.6. The van der Waals surface area contributed by atoms with Gasteiger partial charge in [0.2, 0.25) is 0 Å². The van der Waals surface area contributed by atoms with E-state index in [-0.39, 0.29) is 51.4 Å². The summed E-state index contributed by atoms with van der Waals surface area (Å²) in [5.74, 6) is -3.63. The fraction of sp³-hybridized carbons (Fsp3) is 0.667. The standard InChI is InChI=1S/3C6H10O4.2Sb/c3*7-5(8)3-1-2-4-6(9)10;;/h3*1-4H2,(H,7,8)(H,9,10);;/q;;;2*+3/p-6. The van der Waals surface area contributed by atoms with Crippen molar-refractivity contribution in [2.45, 2.75) is 77.0 Å². The molecule has 2 aliphatic rings. The van der Waals surface area contributed by atoms with Crippen molar-refractivity contribution in [2.24, 2.45) is 0 Å². The molecule has 32 heavy (non-hydrogen) atoms. The van der Waals surface area contributed by atoms with Crippen LogP contribution in [0.4, 0.5) is 0 Å². The molecule has 0 amide bonds. The predicted octanol–water partition coefficient (Wildman–Crippen LogP) is 0.924. The third-order valence-electron chi connectivity index (χ3n) is 4.09. The van der Waals surface area contributed by atoms with Crippen LogP contribution in [0.1, 0.15) is 77.0 Å². The van der Waals surface area contributed by atoms with Gasteiger partial charge in [-0.3, -0.25) is 0 Å². The van der Waals surface area contributed by atoms with Crippen molar-refractivity contribution in [3.63, 3.8) is 0 Å². The van der Waals surface area contributed by atoms with Gasteiger partial charge in [0.15, 0.2) is 0 Å². The summed E-state index contributed by atoms with van der Waals surface area (Å²) in [6, 6.07) is 0. The van der Waals surface area contributed by atoms with Crippen LogP contribution in [0.3, 0.4) is 0 Å². The first-order chi connectivity index (χ1) is 15.3. The van der Waals surface area contributed by atoms with Gasteiger partial charge in [-0.2, -0.15) is 0 Å². The molecule has 178 valence electrons. The first kappa shape index (κ1) is 26.7. The monoisotopic (exact) mass is 674 g/mol. The summed E-state index contributed by atoms with van der Waals surface area (Å²) in [5, 5.41) is 0. The Morgan fingerprint density at radius 3 is 1.16 bits per heavy atom. The summed E-state index contributed by atoms with van der Waals surface area (Å²) in [7, 11) is 0. The van der Waals surface area contributed by atoms with Gasteiger partial charge >= 0.3 is 203 Å². The van der Waals surface area contributed by atoms with Crippen LogP contribution >= 0.6 is 0 Å². The van der Waals surface area contributed by atoms with Gasteiger partial charge in [0, 0.05) is 0 Å². The van der Waals surface area contributed by atoms with Crippen LogP contribution in [0.25, 0.3) is 0 Å². The molecule has 2 saturated heterocycles. The summed E-state index contributed by atoms with van der Waals surface area (Å²) >= 11 is -7.48. The molecule has 2 fully saturated rings. The van der Waals surface area contributed by atoms with Gasteiger partial charge in [0.05, 0.1) is 0 Å². The number of hydrogen-bond acceptors (Lipinski definition) is 12. The number of carbonyl (C=O) groups is 6. The van der Waals surface area contributed by atoms with E-state index >= 15 is 0 Å². The molecule has 12 nitrogen and oxygen atoms in total. The molecule has 0 atom stereocenters. The Morgan fingerprint density at radius 1 is 0.594 bits per heavy atom. The average Bonchev–Trinajstić information content (AvgIpc) is 2.83. The van der Waals surface area contributed by atoms with E-state index in [0.29, 0.717) is 25.7 Å². The molecule has 0 unspecified atom stereocenters. The fourth-order valence-corrected chi connectivity index (χ4v) is 7.55. The van der Waals surface area contributed by atoms with E-state index in [2.05, 4.69) is 0 Å². The van der Waals surface area contributed by atoms with Crippen molar-refractivity contribution in [3.05, 3.63) is 0 Å². The summed E-state index contributed by atoms with van der Waals surface area (Å²) in [6.07, 6.45) is 2.84. The topological polar surface area (TPSA) is 158 Å². The third-order valence-corrected chi connectivity index (χ3v) is 10.1. The van der Waals surface area contributed by atoms with Gasteiger partial charge in [0.25, 0.3) is 0 Å². The van der Waals surface area contributed by atoms with Gasteiger partial charge in [-0.1, -0.05) is 0 Å². The summed E-state index contributed by atoms with van der Waals surface area (Å²) in [4.78, 5) is 70.4. The Hall–Kier alpha value is -1.54. The Morgan fingerprint density at radius 2 is 0.875 bits per heavy atom. The number of hydrogen-bond donors (Lipinski definition) is 0. The van der Waals surface area contributed by atoms with Crippen LogP contribution in [-0.4, -0.2) is 78.8 Å².